The van der Waals surface area contributed by atoms with Gasteiger partial charge in [0.2, 0.25) is 0 Å². The first kappa shape index (κ1) is 38.8. The topological polar surface area (TPSA) is 69.9 Å². The highest BCUT2D eigenvalue weighted by molar-refractivity contribution is 6.15. The first-order valence-electron chi connectivity index (χ1n) is 23.2. The van der Waals surface area contributed by atoms with Gasteiger partial charge in [-0.1, -0.05) is 158 Å². The number of furan rings is 2. The van der Waals surface area contributed by atoms with Crippen LogP contribution < -0.4 is 0 Å². The van der Waals surface area contributed by atoms with Gasteiger partial charge in [-0.15, -0.1) is 0 Å². The number of fused-ring (bicyclic) bond motifs is 9. The fourth-order valence-corrected chi connectivity index (χ4v) is 10.2. The van der Waals surface area contributed by atoms with Crippen molar-refractivity contribution in [3.63, 3.8) is 0 Å². The van der Waals surface area contributed by atoms with Crippen molar-refractivity contribution in [2.24, 2.45) is 0 Å². The zero-order chi connectivity index (χ0) is 45.4. The molecule has 0 amide bonds. The van der Waals surface area contributed by atoms with E-state index in [0.717, 1.165) is 99.5 Å². The van der Waals surface area contributed by atoms with E-state index in [9.17, 15) is 0 Å². The van der Waals surface area contributed by atoms with Crippen LogP contribution in [0, 0.1) is 0 Å². The summed E-state index contributed by atoms with van der Waals surface area (Å²) in [5.41, 5.74) is 16.0. The Morgan fingerprint density at radius 2 is 0.725 bits per heavy atom. The molecular formula is C63H38N4O2. The predicted molar refractivity (Wildman–Crippen MR) is 281 cm³/mol. The van der Waals surface area contributed by atoms with Crippen LogP contribution in [-0.2, 0) is 0 Å². The summed E-state index contributed by atoms with van der Waals surface area (Å²) in [5, 5.41) is 6.45. The molecule has 69 heavy (non-hydrogen) atoms. The van der Waals surface area contributed by atoms with Gasteiger partial charge in [-0.3, -0.25) is 0 Å². The molecule has 4 aromatic heterocycles. The Morgan fingerprint density at radius 1 is 0.275 bits per heavy atom. The van der Waals surface area contributed by atoms with Gasteiger partial charge < -0.3 is 13.4 Å². The van der Waals surface area contributed by atoms with Gasteiger partial charge in [0.15, 0.2) is 17.5 Å². The van der Waals surface area contributed by atoms with Crippen LogP contribution in [0.4, 0.5) is 0 Å². The van der Waals surface area contributed by atoms with Crippen LogP contribution in [0.25, 0.3) is 139 Å². The average molecular weight is 883 g/mol. The van der Waals surface area contributed by atoms with Crippen LogP contribution in [0.5, 0.6) is 0 Å². The summed E-state index contributed by atoms with van der Waals surface area (Å²) < 4.78 is 15.6. The summed E-state index contributed by atoms with van der Waals surface area (Å²) in [6.45, 7) is 0. The van der Waals surface area contributed by atoms with E-state index < -0.39 is 0 Å². The molecular weight excluding hydrogens is 845 g/mol. The van der Waals surface area contributed by atoms with Crippen molar-refractivity contribution in [1.82, 2.24) is 19.5 Å². The number of rotatable bonds is 7. The number of hydrogen-bond acceptors (Lipinski definition) is 5. The number of nitrogens with zero attached hydrogens (tertiary/aromatic N) is 4. The summed E-state index contributed by atoms with van der Waals surface area (Å²) >= 11 is 0. The highest BCUT2D eigenvalue weighted by atomic mass is 16.3. The van der Waals surface area contributed by atoms with Crippen LogP contribution in [0.15, 0.2) is 239 Å². The van der Waals surface area contributed by atoms with Crippen LogP contribution in [0.3, 0.4) is 0 Å². The monoisotopic (exact) mass is 882 g/mol. The molecule has 0 aliphatic rings. The maximum absolute atomic E-state index is 6.72. The van der Waals surface area contributed by atoms with Crippen molar-refractivity contribution in [3.8, 4) is 73.2 Å². The molecule has 322 valence electrons. The summed E-state index contributed by atoms with van der Waals surface area (Å²) in [6, 6.07) is 80.4. The largest absolute Gasteiger partial charge is 0.456 e. The first-order valence-corrected chi connectivity index (χ1v) is 23.2. The van der Waals surface area contributed by atoms with Gasteiger partial charge in [0.1, 0.15) is 22.3 Å². The highest BCUT2D eigenvalue weighted by Crippen LogP contribution is 2.42. The SMILES string of the molecule is c1ccc(-c2ccc3c(c2)c2cc(-c4ccc5c(c4)oc4cccc(-c6nc(-c7ccccc7)nc(-c7ccc8c(c7)oc7cccc(-c9ccccc9)c78)n6)c45)ccc2n3-c2ccccc2)cc1. The van der Waals surface area contributed by atoms with Gasteiger partial charge in [-0.2, -0.15) is 0 Å². The summed E-state index contributed by atoms with van der Waals surface area (Å²) in [5.74, 6) is 1.69. The molecule has 10 aromatic carbocycles. The Hall–Kier alpha value is -9.39. The third kappa shape index (κ3) is 6.45. The molecule has 0 bridgehead atoms. The molecule has 6 nitrogen and oxygen atoms in total. The maximum Gasteiger partial charge on any atom is 0.164 e. The zero-order valence-electron chi connectivity index (χ0n) is 37.0. The Labute approximate surface area is 396 Å². The minimum atomic E-state index is 0.552. The van der Waals surface area contributed by atoms with E-state index in [4.69, 9.17) is 23.8 Å². The fraction of sp³-hybridized carbons (Fsp3) is 0. The van der Waals surface area contributed by atoms with E-state index in [1.54, 1.807) is 0 Å². The molecule has 0 spiro atoms. The molecule has 0 unspecified atom stereocenters. The molecule has 0 saturated heterocycles. The molecule has 0 atom stereocenters. The van der Waals surface area contributed by atoms with Crippen molar-refractivity contribution < 1.29 is 8.83 Å². The molecule has 0 aliphatic carbocycles. The lowest BCUT2D eigenvalue weighted by Crippen LogP contribution is -2.00. The van der Waals surface area contributed by atoms with Crippen molar-refractivity contribution in [2.45, 2.75) is 0 Å². The Morgan fingerprint density at radius 3 is 1.35 bits per heavy atom. The number of aromatic nitrogens is 4. The molecule has 0 saturated carbocycles. The molecule has 0 fully saturated rings. The Bertz CT molecular complexity index is 4290. The Kier molecular flexibility index (Phi) is 8.79. The normalized spacial score (nSPS) is 11.8. The summed E-state index contributed by atoms with van der Waals surface area (Å²) in [4.78, 5) is 15.5. The van der Waals surface area contributed by atoms with Gasteiger partial charge in [-0.25, -0.2) is 15.0 Å². The summed E-state index contributed by atoms with van der Waals surface area (Å²) in [7, 11) is 0. The maximum atomic E-state index is 6.72. The van der Waals surface area contributed by atoms with E-state index in [2.05, 4.69) is 168 Å². The summed E-state index contributed by atoms with van der Waals surface area (Å²) in [6.07, 6.45) is 0. The van der Waals surface area contributed by atoms with Crippen molar-refractivity contribution >= 4 is 65.7 Å². The third-order valence-corrected chi connectivity index (χ3v) is 13.5. The van der Waals surface area contributed by atoms with Crippen LogP contribution in [0.1, 0.15) is 0 Å². The lowest BCUT2D eigenvalue weighted by atomic mass is 9.99. The van der Waals surface area contributed by atoms with Crippen LogP contribution >= 0.6 is 0 Å². The molecule has 0 aliphatic heterocycles. The molecule has 14 aromatic rings. The van der Waals surface area contributed by atoms with Crippen molar-refractivity contribution in [1.29, 1.82) is 0 Å². The minimum absolute atomic E-state index is 0.552. The van der Waals surface area contributed by atoms with Crippen molar-refractivity contribution in [2.75, 3.05) is 0 Å². The molecule has 0 N–H and O–H groups in total. The van der Waals surface area contributed by atoms with Gasteiger partial charge in [0.05, 0.1) is 11.0 Å². The lowest BCUT2D eigenvalue weighted by Gasteiger charge is -2.09. The highest BCUT2D eigenvalue weighted by Gasteiger charge is 2.21. The second kappa shape index (κ2) is 15.6. The first-order chi connectivity index (χ1) is 34.2. The van der Waals surface area contributed by atoms with Gasteiger partial charge in [-0.05, 0) is 106 Å². The van der Waals surface area contributed by atoms with Crippen molar-refractivity contribution in [3.05, 3.63) is 231 Å². The second-order valence-electron chi connectivity index (χ2n) is 17.5. The van der Waals surface area contributed by atoms with E-state index in [1.807, 2.05) is 66.7 Å². The quantitative estimate of drug-likeness (QED) is 0.159. The van der Waals surface area contributed by atoms with Crippen LogP contribution in [-0.4, -0.2) is 19.5 Å². The van der Waals surface area contributed by atoms with Gasteiger partial charge >= 0.3 is 0 Å². The van der Waals surface area contributed by atoms with E-state index in [0.29, 0.717) is 17.5 Å². The Balaban J connectivity index is 0.896. The number of para-hydroxylation sites is 1. The molecule has 6 heteroatoms. The molecule has 0 radical (unpaired) electrons. The van der Waals surface area contributed by atoms with Gasteiger partial charge in [0.25, 0.3) is 0 Å². The van der Waals surface area contributed by atoms with E-state index >= 15 is 0 Å². The third-order valence-electron chi connectivity index (χ3n) is 13.5. The standard InChI is InChI=1S/C63H38N4O2/c1-5-15-39(16-6-1)42-29-33-53-51(35-42)52-36-43(30-34-54(52)67(53)46-21-11-4-12-22-46)44-27-31-49-57(37-44)69-56-26-14-24-50(60(49)56)63-65-61(41-19-9-3-10-20-41)64-62(66-63)45-28-32-48-58(38-45)68-55-25-13-23-47(59(48)55)40-17-7-2-8-18-40/h1-38H. The minimum Gasteiger partial charge on any atom is -0.456 e. The van der Waals surface area contributed by atoms with Gasteiger partial charge in [0, 0.05) is 54.7 Å². The molecule has 14 rings (SSSR count). The van der Waals surface area contributed by atoms with E-state index in [1.165, 1.54) is 21.9 Å². The average Bonchev–Trinajstić information content (AvgIpc) is 4.10. The fourth-order valence-electron chi connectivity index (χ4n) is 10.2. The predicted octanol–water partition coefficient (Wildman–Crippen LogP) is 16.8. The smallest absolute Gasteiger partial charge is 0.164 e. The second-order valence-corrected chi connectivity index (χ2v) is 17.5. The molecule has 4 heterocycles. The number of benzene rings is 10. The van der Waals surface area contributed by atoms with E-state index in [-0.39, 0.29) is 0 Å². The van der Waals surface area contributed by atoms with Crippen LogP contribution in [0.2, 0.25) is 0 Å². The number of hydrogen-bond donors (Lipinski definition) is 0. The zero-order valence-corrected chi connectivity index (χ0v) is 37.0. The lowest BCUT2D eigenvalue weighted by molar-refractivity contribution is 0.669.